The van der Waals surface area contributed by atoms with Gasteiger partial charge in [-0.25, -0.2) is 4.68 Å². The van der Waals surface area contributed by atoms with Crippen LogP contribution in [-0.4, -0.2) is 39.7 Å². The van der Waals surface area contributed by atoms with Crippen LogP contribution in [0.4, 0.5) is 17.1 Å². The van der Waals surface area contributed by atoms with Crippen molar-refractivity contribution < 1.29 is 4.79 Å². The molecule has 0 aliphatic carbocycles. The lowest BCUT2D eigenvalue weighted by atomic mass is 10.1. The normalized spacial score (nSPS) is 13.5. The van der Waals surface area contributed by atoms with Crippen molar-refractivity contribution in [3.63, 3.8) is 0 Å². The zero-order chi connectivity index (χ0) is 24.9. The Bertz CT molecular complexity index is 1230. The molecule has 8 nitrogen and oxygen atoms in total. The molecule has 3 N–H and O–H groups in total. The predicted octanol–water partition coefficient (Wildman–Crippen LogP) is 5.20. The summed E-state index contributed by atoms with van der Waals surface area (Å²) in [4.78, 5) is 17.6. The Kier molecular flexibility index (Phi) is 7.83. The first-order chi connectivity index (χ1) is 16.8. The number of carbonyl (C=O) groups is 1. The second kappa shape index (κ2) is 11.0. The van der Waals surface area contributed by atoms with Crippen molar-refractivity contribution in [1.82, 2.24) is 20.3 Å². The van der Waals surface area contributed by atoms with Crippen LogP contribution in [0.1, 0.15) is 45.4 Å². The van der Waals surface area contributed by atoms with Crippen LogP contribution in [0, 0.1) is 11.8 Å². The average molecular weight is 494 g/mol. The van der Waals surface area contributed by atoms with Crippen LogP contribution in [0.25, 0.3) is 5.69 Å². The van der Waals surface area contributed by atoms with Crippen molar-refractivity contribution in [3.8, 4) is 5.69 Å². The van der Waals surface area contributed by atoms with Crippen LogP contribution < -0.4 is 16.0 Å². The summed E-state index contributed by atoms with van der Waals surface area (Å²) in [6.07, 6.45) is 1.92. The van der Waals surface area contributed by atoms with Gasteiger partial charge in [0.2, 0.25) is 5.91 Å². The summed E-state index contributed by atoms with van der Waals surface area (Å²) >= 11 is 6.46. The molecule has 2 heterocycles. The number of hydrogen-bond donors (Lipinski definition) is 3. The molecule has 2 aromatic carbocycles. The summed E-state index contributed by atoms with van der Waals surface area (Å²) in [6.45, 7) is 11.0. The number of aromatic nitrogens is 3. The van der Waals surface area contributed by atoms with Crippen LogP contribution in [0.15, 0.2) is 47.6 Å². The largest absolute Gasteiger partial charge is 0.384 e. The van der Waals surface area contributed by atoms with Gasteiger partial charge in [0.1, 0.15) is 0 Å². The van der Waals surface area contributed by atoms with Crippen molar-refractivity contribution in [2.24, 2.45) is 16.8 Å². The highest BCUT2D eigenvalue weighted by Crippen LogP contribution is 2.37. The Morgan fingerprint density at radius 1 is 1.11 bits per heavy atom. The molecular weight excluding hydrogens is 462 g/mol. The van der Waals surface area contributed by atoms with Gasteiger partial charge in [-0.1, -0.05) is 56.6 Å². The van der Waals surface area contributed by atoms with E-state index in [1.807, 2.05) is 35.0 Å². The molecular formula is C26H32ClN7O. The zero-order valence-electron chi connectivity index (χ0n) is 20.6. The smallest absolute Gasteiger partial charge is 0.230 e. The maximum absolute atomic E-state index is 12.7. The second-order valence-corrected chi connectivity index (χ2v) is 10.0. The van der Waals surface area contributed by atoms with Gasteiger partial charge in [-0.3, -0.25) is 9.79 Å². The van der Waals surface area contributed by atoms with Crippen LogP contribution in [0.2, 0.25) is 5.02 Å². The molecule has 0 radical (unpaired) electrons. The van der Waals surface area contributed by atoms with E-state index in [0.29, 0.717) is 40.5 Å². The highest BCUT2D eigenvalue weighted by molar-refractivity contribution is 6.34. The number of amides is 1. The lowest BCUT2D eigenvalue weighted by Gasteiger charge is -2.13. The van der Waals surface area contributed by atoms with Gasteiger partial charge in [-0.2, -0.15) is 0 Å². The molecule has 3 aromatic rings. The van der Waals surface area contributed by atoms with Crippen molar-refractivity contribution in [2.75, 3.05) is 23.7 Å². The summed E-state index contributed by atoms with van der Waals surface area (Å²) in [5, 5.41) is 18.7. The second-order valence-electron chi connectivity index (χ2n) is 9.62. The molecule has 1 aliphatic rings. The number of rotatable bonds is 9. The Balaban J connectivity index is 1.65. The number of benzene rings is 2. The third-order valence-electron chi connectivity index (χ3n) is 5.55. The number of nitrogens with zero attached hydrogens (tertiary/aromatic N) is 4. The molecule has 4 rings (SSSR count). The van der Waals surface area contributed by atoms with Crippen molar-refractivity contribution in [2.45, 2.75) is 40.7 Å². The van der Waals surface area contributed by atoms with Gasteiger partial charge in [0.15, 0.2) is 0 Å². The number of anilines is 2. The molecule has 0 fully saturated rings. The Hall–Kier alpha value is -3.23. The molecule has 0 bridgehead atoms. The fourth-order valence-electron chi connectivity index (χ4n) is 3.80. The van der Waals surface area contributed by atoms with Crippen LogP contribution >= 0.6 is 11.6 Å². The summed E-state index contributed by atoms with van der Waals surface area (Å²) < 4.78 is 1.82. The zero-order valence-corrected chi connectivity index (χ0v) is 21.4. The average Bonchev–Trinajstić information content (AvgIpc) is 3.21. The summed E-state index contributed by atoms with van der Waals surface area (Å²) in [5.74, 6) is 0.890. The maximum Gasteiger partial charge on any atom is 0.230 e. The predicted molar refractivity (Wildman–Crippen MR) is 142 cm³/mol. The van der Waals surface area contributed by atoms with E-state index in [1.54, 1.807) is 12.3 Å². The van der Waals surface area contributed by atoms with E-state index in [1.165, 1.54) is 0 Å². The first kappa shape index (κ1) is 24.9. The Morgan fingerprint density at radius 3 is 2.69 bits per heavy atom. The van der Waals surface area contributed by atoms with Gasteiger partial charge in [-0.15, -0.1) is 5.10 Å². The van der Waals surface area contributed by atoms with Crippen molar-refractivity contribution in [1.29, 1.82) is 0 Å². The molecule has 1 aliphatic heterocycles. The number of fused-ring (bicyclic) bond motifs is 1. The van der Waals surface area contributed by atoms with Crippen LogP contribution in [0.3, 0.4) is 0 Å². The number of carbonyl (C=O) groups excluding carboxylic acids is 1. The lowest BCUT2D eigenvalue weighted by Crippen LogP contribution is -2.21. The Labute approximate surface area is 211 Å². The highest BCUT2D eigenvalue weighted by atomic mass is 35.5. The van der Waals surface area contributed by atoms with E-state index in [-0.39, 0.29) is 12.3 Å². The summed E-state index contributed by atoms with van der Waals surface area (Å²) in [6, 6.07) is 11.5. The SMILES string of the molecule is CC(C)CNCc1cnnn1-c1cccc(C2=Nc3cc(NCC(C)C)c(Cl)cc3NC(=O)C2)c1. The van der Waals surface area contributed by atoms with Gasteiger partial charge in [0.05, 0.1) is 51.8 Å². The van der Waals surface area contributed by atoms with Gasteiger partial charge >= 0.3 is 0 Å². The van der Waals surface area contributed by atoms with Gasteiger partial charge in [0, 0.05) is 13.1 Å². The third-order valence-corrected chi connectivity index (χ3v) is 5.86. The quantitative estimate of drug-likeness (QED) is 0.381. The minimum atomic E-state index is -0.133. The molecule has 35 heavy (non-hydrogen) atoms. The number of halogens is 1. The van der Waals surface area contributed by atoms with Gasteiger partial charge in [-0.05, 0) is 48.2 Å². The van der Waals surface area contributed by atoms with Crippen molar-refractivity contribution >= 4 is 40.3 Å². The topological polar surface area (TPSA) is 96.2 Å². The molecule has 0 spiro atoms. The fraction of sp³-hybridized carbons (Fsp3) is 0.385. The standard InChI is InChI=1S/C26H32ClN7O/c1-16(2)12-28-14-20-15-30-33-34(20)19-7-5-6-18(8-19)22-11-26(35)32-24-9-21(27)23(10-25(24)31-22)29-13-17(3)4/h5-10,15-17,28-29H,11-14H2,1-4H3,(H,32,35). The molecule has 0 unspecified atom stereocenters. The van der Waals surface area contributed by atoms with E-state index in [9.17, 15) is 4.79 Å². The first-order valence-electron chi connectivity index (χ1n) is 12.0. The van der Waals surface area contributed by atoms with E-state index in [2.05, 4.69) is 54.0 Å². The molecule has 9 heteroatoms. The van der Waals surface area contributed by atoms with E-state index in [4.69, 9.17) is 16.6 Å². The first-order valence-corrected chi connectivity index (χ1v) is 12.3. The monoisotopic (exact) mass is 493 g/mol. The molecule has 1 aromatic heterocycles. The van der Waals surface area contributed by atoms with E-state index in [0.717, 1.165) is 35.7 Å². The molecule has 184 valence electrons. The number of hydrogen-bond acceptors (Lipinski definition) is 6. The highest BCUT2D eigenvalue weighted by Gasteiger charge is 2.20. The maximum atomic E-state index is 12.7. The molecule has 1 amide bonds. The van der Waals surface area contributed by atoms with Crippen molar-refractivity contribution in [3.05, 3.63) is 58.9 Å². The molecule has 0 atom stereocenters. The third kappa shape index (κ3) is 6.26. The minimum Gasteiger partial charge on any atom is -0.384 e. The van der Waals surface area contributed by atoms with Gasteiger partial charge < -0.3 is 16.0 Å². The number of aliphatic imine (C=N–C) groups is 1. The van der Waals surface area contributed by atoms with Gasteiger partial charge in [0.25, 0.3) is 0 Å². The van der Waals surface area contributed by atoms with E-state index >= 15 is 0 Å². The summed E-state index contributed by atoms with van der Waals surface area (Å²) in [5.41, 5.74) is 5.44. The molecule has 0 saturated carbocycles. The van der Waals surface area contributed by atoms with Crippen LogP contribution in [-0.2, 0) is 11.3 Å². The number of nitrogens with one attached hydrogen (secondary N) is 3. The molecule has 0 saturated heterocycles. The minimum absolute atomic E-state index is 0.133. The van der Waals surface area contributed by atoms with Crippen LogP contribution in [0.5, 0.6) is 0 Å². The summed E-state index contributed by atoms with van der Waals surface area (Å²) in [7, 11) is 0. The lowest BCUT2D eigenvalue weighted by molar-refractivity contribution is -0.115. The van der Waals surface area contributed by atoms with E-state index < -0.39 is 0 Å². The fourth-order valence-corrected chi connectivity index (χ4v) is 4.03. The Morgan fingerprint density at radius 2 is 1.91 bits per heavy atom.